The summed E-state index contributed by atoms with van der Waals surface area (Å²) in [4.78, 5) is 10.0. The van der Waals surface area contributed by atoms with E-state index in [4.69, 9.17) is 0 Å². The van der Waals surface area contributed by atoms with Crippen molar-refractivity contribution in [1.82, 2.24) is 14.8 Å². The quantitative estimate of drug-likeness (QED) is 0.851. The summed E-state index contributed by atoms with van der Waals surface area (Å²) in [6.45, 7) is 8.06. The summed E-state index contributed by atoms with van der Waals surface area (Å²) in [5.41, 5.74) is 2.35. The summed E-state index contributed by atoms with van der Waals surface area (Å²) < 4.78 is 0. The van der Waals surface area contributed by atoms with Gasteiger partial charge in [-0.2, -0.15) is 0 Å². The summed E-state index contributed by atoms with van der Waals surface area (Å²) >= 11 is 0. The molecule has 2 fully saturated rings. The molecular formula is C18H29N3. The van der Waals surface area contributed by atoms with Crippen molar-refractivity contribution in [2.24, 2.45) is 0 Å². The molecule has 116 valence electrons. The summed E-state index contributed by atoms with van der Waals surface area (Å²) in [6.07, 6.45) is 8.51. The largest absolute Gasteiger partial charge is 0.299 e. The molecule has 2 heterocycles. The Balaban J connectivity index is 1.53. The number of nitrogens with zero attached hydrogens (tertiary/aromatic N) is 3. The van der Waals surface area contributed by atoms with Gasteiger partial charge in [0.25, 0.3) is 0 Å². The van der Waals surface area contributed by atoms with E-state index in [-0.39, 0.29) is 0 Å². The van der Waals surface area contributed by atoms with Crippen molar-refractivity contribution in [2.45, 2.75) is 58.0 Å². The Bertz CT molecular complexity index is 440. The van der Waals surface area contributed by atoms with Crippen molar-refractivity contribution in [3.63, 3.8) is 0 Å². The van der Waals surface area contributed by atoms with E-state index >= 15 is 0 Å². The van der Waals surface area contributed by atoms with Crippen LogP contribution in [-0.4, -0.2) is 47.0 Å². The number of hydrogen-bond acceptors (Lipinski definition) is 3. The molecule has 3 nitrogen and oxygen atoms in total. The molecule has 0 aromatic carbocycles. The van der Waals surface area contributed by atoms with Crippen LogP contribution in [0.1, 0.15) is 49.9 Å². The minimum absolute atomic E-state index is 0.871. The van der Waals surface area contributed by atoms with Gasteiger partial charge in [0, 0.05) is 31.4 Å². The monoisotopic (exact) mass is 287 g/mol. The third-order valence-electron chi connectivity index (χ3n) is 5.05. The first-order chi connectivity index (χ1) is 10.3. The van der Waals surface area contributed by atoms with Crippen LogP contribution in [0.4, 0.5) is 0 Å². The summed E-state index contributed by atoms with van der Waals surface area (Å²) in [6, 6.07) is 7.24. The van der Waals surface area contributed by atoms with E-state index in [9.17, 15) is 0 Å². The van der Waals surface area contributed by atoms with Gasteiger partial charge in [0.15, 0.2) is 0 Å². The van der Waals surface area contributed by atoms with Crippen LogP contribution >= 0.6 is 0 Å². The third kappa shape index (κ3) is 4.27. The summed E-state index contributed by atoms with van der Waals surface area (Å²) in [5.74, 6) is 0. The van der Waals surface area contributed by atoms with Crippen LogP contribution in [0.25, 0.3) is 0 Å². The molecule has 0 atom stereocenters. The first-order valence-corrected chi connectivity index (χ1v) is 8.70. The van der Waals surface area contributed by atoms with E-state index < -0.39 is 0 Å². The van der Waals surface area contributed by atoms with Crippen molar-refractivity contribution < 1.29 is 0 Å². The average molecular weight is 287 g/mol. The highest BCUT2D eigenvalue weighted by Gasteiger charge is 2.23. The van der Waals surface area contributed by atoms with Gasteiger partial charge < -0.3 is 0 Å². The normalized spacial score (nSPS) is 23.1. The maximum absolute atomic E-state index is 4.65. The lowest BCUT2D eigenvalue weighted by molar-refractivity contribution is 0.158. The molecule has 3 rings (SSSR count). The fraction of sp³-hybridized carbons (Fsp3) is 0.722. The molecule has 0 amide bonds. The Labute approximate surface area is 129 Å². The van der Waals surface area contributed by atoms with Gasteiger partial charge in [-0.25, -0.2) is 0 Å². The number of rotatable bonds is 3. The number of hydrogen-bond donors (Lipinski definition) is 0. The second-order valence-corrected chi connectivity index (χ2v) is 6.73. The molecule has 1 saturated heterocycles. The lowest BCUT2D eigenvalue weighted by Crippen LogP contribution is -2.39. The molecule has 3 heteroatoms. The fourth-order valence-electron chi connectivity index (χ4n) is 3.88. The lowest BCUT2D eigenvalue weighted by Gasteiger charge is -2.33. The van der Waals surface area contributed by atoms with Gasteiger partial charge in [0.1, 0.15) is 0 Å². The molecular weight excluding hydrogens is 258 g/mol. The zero-order valence-corrected chi connectivity index (χ0v) is 13.4. The summed E-state index contributed by atoms with van der Waals surface area (Å²) in [7, 11) is 0. The van der Waals surface area contributed by atoms with Gasteiger partial charge in [0.05, 0.1) is 5.69 Å². The van der Waals surface area contributed by atoms with E-state index in [1.165, 1.54) is 70.4 Å². The molecule has 0 bridgehead atoms. The smallest absolute Gasteiger partial charge is 0.0547 e. The summed E-state index contributed by atoms with van der Waals surface area (Å²) in [5, 5.41) is 0. The van der Waals surface area contributed by atoms with Crippen molar-refractivity contribution in [3.8, 4) is 0 Å². The second-order valence-electron chi connectivity index (χ2n) is 6.73. The molecule has 0 unspecified atom stereocenters. The lowest BCUT2D eigenvalue weighted by atomic mass is 9.94. The maximum Gasteiger partial charge on any atom is 0.0547 e. The Morgan fingerprint density at radius 2 is 1.86 bits per heavy atom. The molecule has 1 aliphatic heterocycles. The van der Waals surface area contributed by atoms with Crippen LogP contribution in [0.3, 0.4) is 0 Å². The zero-order chi connectivity index (χ0) is 14.5. The third-order valence-corrected chi connectivity index (χ3v) is 5.05. The first kappa shape index (κ1) is 15.0. The molecule has 0 N–H and O–H groups in total. The van der Waals surface area contributed by atoms with Crippen LogP contribution < -0.4 is 0 Å². The zero-order valence-electron chi connectivity index (χ0n) is 13.4. The molecule has 21 heavy (non-hydrogen) atoms. The van der Waals surface area contributed by atoms with E-state index in [1.807, 2.05) is 0 Å². The molecule has 1 aromatic rings. The number of pyridine rings is 1. The van der Waals surface area contributed by atoms with Crippen molar-refractivity contribution in [3.05, 3.63) is 29.6 Å². The van der Waals surface area contributed by atoms with Crippen LogP contribution in [0.2, 0.25) is 0 Å². The molecule has 2 aliphatic rings. The average Bonchev–Trinajstić information content (AvgIpc) is 2.74. The first-order valence-electron chi connectivity index (χ1n) is 8.70. The van der Waals surface area contributed by atoms with Crippen LogP contribution in [0.15, 0.2) is 18.2 Å². The molecule has 1 aromatic heterocycles. The topological polar surface area (TPSA) is 19.4 Å². The minimum Gasteiger partial charge on any atom is -0.299 e. The standard InChI is InChI=1S/C18H29N3/c1-16-7-5-8-17(19-16)15-20-11-6-12-21(14-13-20)18-9-3-2-4-10-18/h5,7-8,18H,2-4,6,9-15H2,1H3. The number of aryl methyl sites for hydroxylation is 1. The highest BCUT2D eigenvalue weighted by Crippen LogP contribution is 2.23. The van der Waals surface area contributed by atoms with Gasteiger partial charge in [0.2, 0.25) is 0 Å². The predicted octanol–water partition coefficient (Wildman–Crippen LogP) is 3.23. The fourth-order valence-corrected chi connectivity index (χ4v) is 3.88. The Kier molecular flexibility index (Phi) is 5.26. The Morgan fingerprint density at radius 1 is 1.00 bits per heavy atom. The SMILES string of the molecule is Cc1cccc(CN2CCCN(C3CCCCC3)CC2)n1. The molecule has 1 aliphatic carbocycles. The Hall–Kier alpha value is -0.930. The molecule has 1 saturated carbocycles. The maximum atomic E-state index is 4.65. The molecule has 0 spiro atoms. The van der Waals surface area contributed by atoms with Crippen molar-refractivity contribution >= 4 is 0 Å². The van der Waals surface area contributed by atoms with Crippen LogP contribution in [0.5, 0.6) is 0 Å². The van der Waals surface area contributed by atoms with Gasteiger partial charge in [-0.15, -0.1) is 0 Å². The van der Waals surface area contributed by atoms with Gasteiger partial charge in [-0.3, -0.25) is 14.8 Å². The van der Waals surface area contributed by atoms with Gasteiger partial charge >= 0.3 is 0 Å². The highest BCUT2D eigenvalue weighted by atomic mass is 15.2. The van der Waals surface area contributed by atoms with Crippen LogP contribution in [-0.2, 0) is 6.54 Å². The van der Waals surface area contributed by atoms with Crippen LogP contribution in [0, 0.1) is 6.92 Å². The second kappa shape index (κ2) is 7.37. The van der Waals surface area contributed by atoms with E-state index in [0.29, 0.717) is 0 Å². The molecule has 0 radical (unpaired) electrons. The minimum atomic E-state index is 0.871. The van der Waals surface area contributed by atoms with E-state index in [1.54, 1.807) is 0 Å². The number of aromatic nitrogens is 1. The van der Waals surface area contributed by atoms with E-state index in [2.05, 4.69) is 39.9 Å². The highest BCUT2D eigenvalue weighted by molar-refractivity contribution is 5.09. The van der Waals surface area contributed by atoms with Crippen molar-refractivity contribution in [1.29, 1.82) is 0 Å². The predicted molar refractivity (Wildman–Crippen MR) is 87.3 cm³/mol. The van der Waals surface area contributed by atoms with Gasteiger partial charge in [-0.1, -0.05) is 25.3 Å². The Morgan fingerprint density at radius 3 is 2.67 bits per heavy atom. The van der Waals surface area contributed by atoms with Crippen molar-refractivity contribution in [2.75, 3.05) is 26.2 Å². The van der Waals surface area contributed by atoms with E-state index in [0.717, 1.165) is 18.3 Å². The van der Waals surface area contributed by atoms with Gasteiger partial charge in [-0.05, 0) is 51.4 Å².